The van der Waals surface area contributed by atoms with Crippen LogP contribution in [0.15, 0.2) is 24.3 Å². The molecule has 2 saturated heterocycles. The number of carbonyl (C=O) groups excluding carboxylic acids is 1. The van der Waals surface area contributed by atoms with E-state index in [4.69, 9.17) is 0 Å². The van der Waals surface area contributed by atoms with Crippen LogP contribution in [0, 0.1) is 6.92 Å². The smallest absolute Gasteiger partial charge is 0.224 e. The number of fused-ring (bicyclic) bond motifs is 1. The van der Waals surface area contributed by atoms with E-state index >= 15 is 0 Å². The zero-order chi connectivity index (χ0) is 12.5. The van der Waals surface area contributed by atoms with E-state index in [1.165, 1.54) is 16.9 Å². The average molecular weight is 261 g/mol. The molecule has 2 heterocycles. The largest absolute Gasteiger partial charge is 0.331 e. The van der Waals surface area contributed by atoms with E-state index in [-0.39, 0.29) is 0 Å². The van der Waals surface area contributed by atoms with E-state index in [0.29, 0.717) is 23.6 Å². The average Bonchev–Trinajstić information content (AvgIpc) is 2.39. The number of nitrogens with zero attached hydrogens (tertiary/aromatic N) is 1. The molecule has 96 valence electrons. The normalized spacial score (nSPS) is 28.1. The lowest BCUT2D eigenvalue weighted by Gasteiger charge is -2.41. The number of piperidine rings is 1. The van der Waals surface area contributed by atoms with Gasteiger partial charge in [0.25, 0.3) is 0 Å². The first-order chi connectivity index (χ1) is 8.74. The molecule has 3 rings (SSSR count). The first kappa shape index (κ1) is 12.1. The Kier molecular flexibility index (Phi) is 3.33. The molecule has 2 nitrogen and oxygen atoms in total. The second-order valence-electron chi connectivity index (χ2n) is 5.31. The number of aryl methyl sites for hydroxylation is 1. The Bertz CT molecular complexity index is 442. The minimum absolute atomic E-state index is 0.351. The molecule has 0 radical (unpaired) electrons. The minimum Gasteiger partial charge on any atom is -0.331 e. The highest BCUT2D eigenvalue weighted by atomic mass is 32.2. The number of amides is 1. The zero-order valence-electron chi connectivity index (χ0n) is 10.8. The van der Waals surface area contributed by atoms with Crippen molar-refractivity contribution in [2.45, 2.75) is 37.5 Å². The standard InChI is InChI=1S/C15H19NOS/c1-11-3-5-12(6-4-11)13-9-14(17)16-7-2-8-18-15(16)10-13/h3-6,13,15H,2,7-10H2,1H3/t13-,15+/m1/s1. The second-order valence-corrected chi connectivity index (χ2v) is 6.60. The summed E-state index contributed by atoms with van der Waals surface area (Å²) in [5.74, 6) is 1.98. The summed E-state index contributed by atoms with van der Waals surface area (Å²) in [5.41, 5.74) is 2.62. The first-order valence-corrected chi connectivity index (χ1v) is 7.76. The second kappa shape index (κ2) is 4.96. The van der Waals surface area contributed by atoms with Gasteiger partial charge in [-0.2, -0.15) is 0 Å². The van der Waals surface area contributed by atoms with Gasteiger partial charge in [-0.25, -0.2) is 0 Å². The van der Waals surface area contributed by atoms with Crippen LogP contribution in [0.2, 0.25) is 0 Å². The van der Waals surface area contributed by atoms with E-state index in [1.807, 2.05) is 11.8 Å². The molecule has 3 heteroatoms. The third-order valence-corrected chi connectivity index (χ3v) is 5.33. The van der Waals surface area contributed by atoms with Gasteiger partial charge < -0.3 is 4.90 Å². The molecular formula is C15H19NOS. The van der Waals surface area contributed by atoms with Gasteiger partial charge in [-0.15, -0.1) is 11.8 Å². The molecule has 18 heavy (non-hydrogen) atoms. The topological polar surface area (TPSA) is 20.3 Å². The van der Waals surface area contributed by atoms with Crippen LogP contribution in [0.3, 0.4) is 0 Å². The van der Waals surface area contributed by atoms with Crippen molar-refractivity contribution >= 4 is 17.7 Å². The quantitative estimate of drug-likeness (QED) is 0.774. The van der Waals surface area contributed by atoms with Gasteiger partial charge in [0.2, 0.25) is 5.91 Å². The van der Waals surface area contributed by atoms with Crippen LogP contribution in [0.4, 0.5) is 0 Å². The minimum atomic E-state index is 0.351. The predicted molar refractivity (Wildman–Crippen MR) is 75.7 cm³/mol. The third-order valence-electron chi connectivity index (χ3n) is 3.98. The molecule has 0 bridgehead atoms. The third kappa shape index (κ3) is 2.28. The van der Waals surface area contributed by atoms with Crippen LogP contribution in [0.1, 0.15) is 36.3 Å². The SMILES string of the molecule is Cc1ccc([C@@H]2CC(=O)N3CCCS[C@H]3C2)cc1. The monoisotopic (exact) mass is 261 g/mol. The molecule has 0 spiro atoms. The molecule has 1 aromatic carbocycles. The summed E-state index contributed by atoms with van der Waals surface area (Å²) >= 11 is 1.96. The van der Waals surface area contributed by atoms with Crippen molar-refractivity contribution < 1.29 is 4.79 Å². The van der Waals surface area contributed by atoms with E-state index in [1.54, 1.807) is 0 Å². The summed E-state index contributed by atoms with van der Waals surface area (Å²) in [7, 11) is 0. The summed E-state index contributed by atoms with van der Waals surface area (Å²) in [5, 5.41) is 0.423. The van der Waals surface area contributed by atoms with E-state index in [9.17, 15) is 4.79 Å². The molecule has 2 aliphatic rings. The molecular weight excluding hydrogens is 242 g/mol. The molecule has 1 aromatic rings. The van der Waals surface area contributed by atoms with Crippen LogP contribution in [0.25, 0.3) is 0 Å². The maximum atomic E-state index is 12.2. The van der Waals surface area contributed by atoms with Gasteiger partial charge in [-0.1, -0.05) is 29.8 Å². The van der Waals surface area contributed by atoms with Crippen molar-refractivity contribution in [1.29, 1.82) is 0 Å². The Morgan fingerprint density at radius 1 is 1.28 bits per heavy atom. The number of thioether (sulfide) groups is 1. The van der Waals surface area contributed by atoms with Crippen molar-refractivity contribution in [3.63, 3.8) is 0 Å². The number of benzene rings is 1. The summed E-state index contributed by atoms with van der Waals surface area (Å²) in [6.07, 6.45) is 2.97. The van der Waals surface area contributed by atoms with Crippen LogP contribution < -0.4 is 0 Å². The maximum Gasteiger partial charge on any atom is 0.224 e. The Hall–Kier alpha value is -0.960. The number of carbonyl (C=O) groups is 1. The number of hydrogen-bond donors (Lipinski definition) is 0. The predicted octanol–water partition coefficient (Wildman–Crippen LogP) is 3.16. The van der Waals surface area contributed by atoms with Crippen molar-refractivity contribution in [1.82, 2.24) is 4.90 Å². The fraction of sp³-hybridized carbons (Fsp3) is 0.533. The van der Waals surface area contributed by atoms with Crippen LogP contribution >= 0.6 is 11.8 Å². The molecule has 0 unspecified atom stereocenters. The first-order valence-electron chi connectivity index (χ1n) is 6.71. The van der Waals surface area contributed by atoms with Gasteiger partial charge in [0, 0.05) is 13.0 Å². The Labute approximate surface area is 113 Å². The number of rotatable bonds is 1. The lowest BCUT2D eigenvalue weighted by Crippen LogP contribution is -2.47. The van der Waals surface area contributed by atoms with E-state index in [0.717, 1.165) is 19.4 Å². The maximum absolute atomic E-state index is 12.2. The van der Waals surface area contributed by atoms with Gasteiger partial charge in [-0.3, -0.25) is 4.79 Å². The molecule has 2 aliphatic heterocycles. The summed E-state index contributed by atoms with van der Waals surface area (Å²) in [6.45, 7) is 3.08. The highest BCUT2D eigenvalue weighted by molar-refractivity contribution is 7.99. The van der Waals surface area contributed by atoms with Crippen molar-refractivity contribution in [3.8, 4) is 0 Å². The highest BCUT2D eigenvalue weighted by Gasteiger charge is 2.36. The fourth-order valence-electron chi connectivity index (χ4n) is 2.92. The fourth-order valence-corrected chi connectivity index (χ4v) is 4.26. The molecule has 0 N–H and O–H groups in total. The summed E-state index contributed by atoms with van der Waals surface area (Å²) in [6, 6.07) is 8.69. The molecule has 2 atom stereocenters. The lowest BCUT2D eigenvalue weighted by atomic mass is 9.88. The van der Waals surface area contributed by atoms with Crippen molar-refractivity contribution in [2.24, 2.45) is 0 Å². The van der Waals surface area contributed by atoms with E-state index in [2.05, 4.69) is 36.1 Å². The van der Waals surface area contributed by atoms with Gasteiger partial charge in [-0.05, 0) is 37.0 Å². The van der Waals surface area contributed by atoms with Gasteiger partial charge in [0.05, 0.1) is 5.37 Å². The Morgan fingerprint density at radius 2 is 2.06 bits per heavy atom. The van der Waals surface area contributed by atoms with Crippen LogP contribution in [-0.2, 0) is 4.79 Å². The van der Waals surface area contributed by atoms with Crippen molar-refractivity contribution in [2.75, 3.05) is 12.3 Å². The zero-order valence-corrected chi connectivity index (χ0v) is 11.6. The van der Waals surface area contributed by atoms with Crippen LogP contribution in [0.5, 0.6) is 0 Å². The highest BCUT2D eigenvalue weighted by Crippen LogP contribution is 2.38. The number of hydrogen-bond acceptors (Lipinski definition) is 2. The molecule has 0 saturated carbocycles. The molecule has 0 aromatic heterocycles. The van der Waals surface area contributed by atoms with Crippen LogP contribution in [-0.4, -0.2) is 28.5 Å². The molecule has 2 fully saturated rings. The van der Waals surface area contributed by atoms with Gasteiger partial charge >= 0.3 is 0 Å². The Morgan fingerprint density at radius 3 is 2.83 bits per heavy atom. The molecule has 1 amide bonds. The van der Waals surface area contributed by atoms with E-state index < -0.39 is 0 Å². The Balaban J connectivity index is 1.78. The summed E-state index contributed by atoms with van der Waals surface area (Å²) in [4.78, 5) is 14.3. The van der Waals surface area contributed by atoms with Gasteiger partial charge in [0.1, 0.15) is 0 Å². The van der Waals surface area contributed by atoms with Crippen molar-refractivity contribution in [3.05, 3.63) is 35.4 Å². The summed E-state index contributed by atoms with van der Waals surface area (Å²) < 4.78 is 0. The molecule has 0 aliphatic carbocycles. The van der Waals surface area contributed by atoms with Gasteiger partial charge in [0.15, 0.2) is 0 Å². The lowest BCUT2D eigenvalue weighted by molar-refractivity contribution is -0.135.